The van der Waals surface area contributed by atoms with E-state index in [0.29, 0.717) is 12.5 Å². The third-order valence-corrected chi connectivity index (χ3v) is 2.45. The zero-order valence-corrected chi connectivity index (χ0v) is 7.58. The molecule has 1 aliphatic heterocycles. The first-order valence-corrected chi connectivity index (χ1v) is 4.72. The molecule has 1 aliphatic rings. The Bertz CT molecular complexity index is 263. The van der Waals surface area contributed by atoms with Crippen LogP contribution < -0.4 is 11.1 Å². The first-order chi connectivity index (χ1) is 6.40. The summed E-state index contributed by atoms with van der Waals surface area (Å²) in [6.45, 7) is 2.58. The van der Waals surface area contributed by atoms with E-state index < -0.39 is 0 Å². The number of nitrogens with two attached hydrogens (primary N) is 1. The van der Waals surface area contributed by atoms with E-state index in [1.54, 1.807) is 0 Å². The second kappa shape index (κ2) is 3.85. The number of aromatic nitrogens is 3. The number of aromatic amines is 1. The predicted octanol–water partition coefficient (Wildman–Crippen LogP) is -0.270. The first kappa shape index (κ1) is 8.65. The van der Waals surface area contributed by atoms with E-state index in [9.17, 15) is 0 Å². The summed E-state index contributed by atoms with van der Waals surface area (Å²) in [5.41, 5.74) is 5.45. The van der Waals surface area contributed by atoms with E-state index in [-0.39, 0.29) is 0 Å². The smallest absolute Gasteiger partial charge is 0.153 e. The Balaban J connectivity index is 2.05. The number of hydrogen-bond acceptors (Lipinski definition) is 4. The lowest BCUT2D eigenvalue weighted by Crippen LogP contribution is -2.27. The van der Waals surface area contributed by atoms with E-state index in [2.05, 4.69) is 20.5 Å². The SMILES string of the molecule is NCc1nc(C2CCNCC2)n[nH]1. The van der Waals surface area contributed by atoms with Crippen LogP contribution in [0.4, 0.5) is 0 Å². The van der Waals surface area contributed by atoms with E-state index in [4.69, 9.17) is 5.73 Å². The van der Waals surface area contributed by atoms with Crippen molar-refractivity contribution >= 4 is 0 Å². The van der Waals surface area contributed by atoms with Gasteiger partial charge >= 0.3 is 0 Å². The van der Waals surface area contributed by atoms with Crippen LogP contribution in [0.5, 0.6) is 0 Å². The van der Waals surface area contributed by atoms with Gasteiger partial charge in [0.2, 0.25) is 0 Å². The van der Waals surface area contributed by atoms with E-state index in [1.165, 1.54) is 0 Å². The zero-order valence-electron chi connectivity index (χ0n) is 7.58. The van der Waals surface area contributed by atoms with Crippen molar-refractivity contribution in [2.75, 3.05) is 13.1 Å². The maximum atomic E-state index is 5.45. The van der Waals surface area contributed by atoms with Crippen molar-refractivity contribution < 1.29 is 0 Å². The molecule has 5 nitrogen and oxygen atoms in total. The van der Waals surface area contributed by atoms with Gasteiger partial charge in [0, 0.05) is 5.92 Å². The summed E-state index contributed by atoms with van der Waals surface area (Å²) in [6.07, 6.45) is 2.25. The molecule has 0 aliphatic carbocycles. The van der Waals surface area contributed by atoms with Gasteiger partial charge in [0.15, 0.2) is 5.82 Å². The van der Waals surface area contributed by atoms with Crippen LogP contribution in [0, 0.1) is 0 Å². The Kier molecular flexibility index (Phi) is 2.56. The summed E-state index contributed by atoms with van der Waals surface area (Å²) in [4.78, 5) is 4.33. The maximum Gasteiger partial charge on any atom is 0.153 e. The molecule has 0 aromatic carbocycles. The molecule has 0 spiro atoms. The molecule has 1 saturated heterocycles. The van der Waals surface area contributed by atoms with Gasteiger partial charge in [-0.3, -0.25) is 5.10 Å². The van der Waals surface area contributed by atoms with Gasteiger partial charge in [0.1, 0.15) is 5.82 Å². The van der Waals surface area contributed by atoms with Gasteiger partial charge in [0.05, 0.1) is 6.54 Å². The van der Waals surface area contributed by atoms with Gasteiger partial charge in [-0.05, 0) is 25.9 Å². The van der Waals surface area contributed by atoms with E-state index in [0.717, 1.165) is 37.6 Å². The summed E-state index contributed by atoms with van der Waals surface area (Å²) in [6, 6.07) is 0. The number of nitrogens with zero attached hydrogens (tertiary/aromatic N) is 2. The molecule has 2 heterocycles. The molecule has 2 rings (SSSR count). The largest absolute Gasteiger partial charge is 0.324 e. The molecule has 5 heteroatoms. The second-order valence-electron chi connectivity index (χ2n) is 3.37. The lowest BCUT2D eigenvalue weighted by atomic mass is 9.98. The van der Waals surface area contributed by atoms with Gasteiger partial charge in [-0.15, -0.1) is 0 Å². The molecule has 72 valence electrons. The normalized spacial score (nSPS) is 19.2. The summed E-state index contributed by atoms with van der Waals surface area (Å²) in [5, 5.41) is 10.3. The van der Waals surface area contributed by atoms with E-state index >= 15 is 0 Å². The Morgan fingerprint density at radius 3 is 2.77 bits per heavy atom. The molecule has 0 atom stereocenters. The third-order valence-electron chi connectivity index (χ3n) is 2.45. The van der Waals surface area contributed by atoms with Crippen LogP contribution in [0.3, 0.4) is 0 Å². The average Bonchev–Trinajstić information content (AvgIpc) is 2.67. The highest BCUT2D eigenvalue weighted by atomic mass is 15.2. The molecule has 0 amide bonds. The maximum absolute atomic E-state index is 5.45. The van der Waals surface area contributed by atoms with Gasteiger partial charge in [-0.2, -0.15) is 5.10 Å². The van der Waals surface area contributed by atoms with Crippen molar-refractivity contribution in [1.29, 1.82) is 0 Å². The fourth-order valence-electron chi connectivity index (χ4n) is 1.66. The van der Waals surface area contributed by atoms with Crippen LogP contribution in [-0.4, -0.2) is 28.3 Å². The summed E-state index contributed by atoms with van der Waals surface area (Å²) >= 11 is 0. The Morgan fingerprint density at radius 1 is 1.38 bits per heavy atom. The topological polar surface area (TPSA) is 79.6 Å². The summed E-state index contributed by atoms with van der Waals surface area (Å²) < 4.78 is 0. The van der Waals surface area contributed by atoms with Crippen molar-refractivity contribution in [3.8, 4) is 0 Å². The fraction of sp³-hybridized carbons (Fsp3) is 0.750. The minimum absolute atomic E-state index is 0.442. The van der Waals surface area contributed by atoms with Crippen molar-refractivity contribution in [2.24, 2.45) is 5.73 Å². The standard InChI is InChI=1S/C8H15N5/c9-5-7-11-8(13-12-7)6-1-3-10-4-2-6/h6,10H,1-5,9H2,(H,11,12,13). The summed E-state index contributed by atoms with van der Waals surface area (Å²) in [5.74, 6) is 2.23. The number of H-pyrrole nitrogens is 1. The van der Waals surface area contributed by atoms with Crippen LogP contribution in [0.1, 0.15) is 30.4 Å². The molecular formula is C8H15N5. The van der Waals surface area contributed by atoms with Crippen LogP contribution in [-0.2, 0) is 6.54 Å². The van der Waals surface area contributed by atoms with Gasteiger partial charge in [-0.25, -0.2) is 4.98 Å². The van der Waals surface area contributed by atoms with Gasteiger partial charge in [-0.1, -0.05) is 0 Å². The number of hydrogen-bond donors (Lipinski definition) is 3. The van der Waals surface area contributed by atoms with Crippen LogP contribution in [0.25, 0.3) is 0 Å². The summed E-state index contributed by atoms with van der Waals surface area (Å²) in [7, 11) is 0. The Labute approximate surface area is 77.1 Å². The average molecular weight is 181 g/mol. The first-order valence-electron chi connectivity index (χ1n) is 4.72. The fourth-order valence-corrected chi connectivity index (χ4v) is 1.66. The molecule has 0 unspecified atom stereocenters. The monoisotopic (exact) mass is 181 g/mol. The zero-order chi connectivity index (χ0) is 9.10. The van der Waals surface area contributed by atoms with Gasteiger partial charge < -0.3 is 11.1 Å². The van der Waals surface area contributed by atoms with Crippen molar-refractivity contribution in [3.63, 3.8) is 0 Å². The molecule has 0 radical (unpaired) electrons. The molecular weight excluding hydrogens is 166 g/mol. The highest BCUT2D eigenvalue weighted by Crippen LogP contribution is 2.21. The minimum Gasteiger partial charge on any atom is -0.324 e. The molecule has 13 heavy (non-hydrogen) atoms. The highest BCUT2D eigenvalue weighted by molar-refractivity contribution is 4.99. The molecule has 1 aromatic heterocycles. The van der Waals surface area contributed by atoms with Crippen molar-refractivity contribution in [3.05, 3.63) is 11.6 Å². The minimum atomic E-state index is 0.442. The molecule has 0 bridgehead atoms. The highest BCUT2D eigenvalue weighted by Gasteiger charge is 2.18. The van der Waals surface area contributed by atoms with Crippen LogP contribution in [0.2, 0.25) is 0 Å². The Morgan fingerprint density at radius 2 is 2.15 bits per heavy atom. The molecule has 1 fully saturated rings. The number of rotatable bonds is 2. The molecule has 1 aromatic rings. The Hall–Kier alpha value is -0.940. The molecule has 4 N–H and O–H groups in total. The number of nitrogens with one attached hydrogen (secondary N) is 2. The van der Waals surface area contributed by atoms with Crippen molar-refractivity contribution in [1.82, 2.24) is 20.5 Å². The van der Waals surface area contributed by atoms with E-state index in [1.807, 2.05) is 0 Å². The predicted molar refractivity (Wildman–Crippen MR) is 49.1 cm³/mol. The van der Waals surface area contributed by atoms with Gasteiger partial charge in [0.25, 0.3) is 0 Å². The second-order valence-corrected chi connectivity index (χ2v) is 3.37. The quantitative estimate of drug-likeness (QED) is 0.587. The lowest BCUT2D eigenvalue weighted by molar-refractivity contribution is 0.446. The third kappa shape index (κ3) is 1.87. The molecule has 0 saturated carbocycles. The van der Waals surface area contributed by atoms with Crippen LogP contribution >= 0.6 is 0 Å². The number of piperidine rings is 1. The van der Waals surface area contributed by atoms with Crippen LogP contribution in [0.15, 0.2) is 0 Å². The lowest BCUT2D eigenvalue weighted by Gasteiger charge is -2.19. The van der Waals surface area contributed by atoms with Crippen molar-refractivity contribution in [2.45, 2.75) is 25.3 Å².